The van der Waals surface area contributed by atoms with Gasteiger partial charge in [-0.05, 0) is 13.0 Å². The molecule has 0 saturated carbocycles. The van der Waals surface area contributed by atoms with Gasteiger partial charge in [0.2, 0.25) is 0 Å². The van der Waals surface area contributed by atoms with E-state index in [2.05, 4.69) is 30.5 Å². The first-order valence-corrected chi connectivity index (χ1v) is 7.53. The Morgan fingerprint density at radius 2 is 2.05 bits per heavy atom. The van der Waals surface area contributed by atoms with Crippen LogP contribution in [0.4, 0.5) is 5.69 Å². The highest BCUT2D eigenvalue weighted by atomic mass is 35.5. The summed E-state index contributed by atoms with van der Waals surface area (Å²) in [6.45, 7) is 3.51. The van der Waals surface area contributed by atoms with E-state index in [0.717, 1.165) is 29.8 Å². The average molecular weight is 328 g/mol. The molecule has 20 heavy (non-hydrogen) atoms. The molecule has 0 fully saturated rings. The quantitative estimate of drug-likeness (QED) is 0.791. The number of rotatable bonds is 4. The van der Waals surface area contributed by atoms with Crippen LogP contribution in [0.2, 0.25) is 10.0 Å². The molecule has 0 bridgehead atoms. The van der Waals surface area contributed by atoms with Crippen LogP contribution in [-0.2, 0) is 13.1 Å². The molecule has 0 atom stereocenters. The molecule has 0 aliphatic heterocycles. The number of benzene rings is 1. The summed E-state index contributed by atoms with van der Waals surface area (Å²) in [4.78, 5) is 4.31. The van der Waals surface area contributed by atoms with E-state index in [4.69, 9.17) is 23.2 Å². The van der Waals surface area contributed by atoms with Gasteiger partial charge >= 0.3 is 0 Å². The van der Waals surface area contributed by atoms with E-state index in [1.54, 1.807) is 12.3 Å². The molecule has 1 aromatic carbocycles. The average Bonchev–Trinajstić information content (AvgIpc) is 3.06. The number of halogens is 2. The van der Waals surface area contributed by atoms with E-state index in [9.17, 15) is 0 Å². The van der Waals surface area contributed by atoms with Crippen molar-refractivity contribution in [1.82, 2.24) is 18.3 Å². The number of imidazole rings is 1. The molecule has 0 aliphatic carbocycles. The Labute approximate surface area is 129 Å². The summed E-state index contributed by atoms with van der Waals surface area (Å²) in [5.41, 5.74) is 2.11. The van der Waals surface area contributed by atoms with Crippen molar-refractivity contribution in [3.63, 3.8) is 0 Å². The molecular formula is C12H11Cl2N5S. The third-order valence-corrected chi connectivity index (χ3v) is 4.12. The van der Waals surface area contributed by atoms with Crippen molar-refractivity contribution in [3.05, 3.63) is 34.3 Å². The van der Waals surface area contributed by atoms with E-state index in [0.29, 0.717) is 27.6 Å². The number of aryl methyl sites for hydroxylation is 1. The Morgan fingerprint density at radius 3 is 2.85 bits per heavy atom. The van der Waals surface area contributed by atoms with Crippen molar-refractivity contribution in [2.75, 3.05) is 5.32 Å². The highest BCUT2D eigenvalue weighted by Gasteiger charge is 2.14. The highest BCUT2D eigenvalue weighted by molar-refractivity contribution is 7.00. The SMILES string of the molecule is CCn1ccnc1CNc1c(Cl)cc(Cl)c2nsnc12. The van der Waals surface area contributed by atoms with Gasteiger partial charge in [0.05, 0.1) is 34.0 Å². The third-order valence-electron chi connectivity index (χ3n) is 3.01. The van der Waals surface area contributed by atoms with Gasteiger partial charge in [-0.15, -0.1) is 0 Å². The van der Waals surface area contributed by atoms with Gasteiger partial charge in [-0.2, -0.15) is 8.75 Å². The lowest BCUT2D eigenvalue weighted by Crippen LogP contribution is -2.08. The van der Waals surface area contributed by atoms with Crippen LogP contribution in [-0.4, -0.2) is 18.3 Å². The van der Waals surface area contributed by atoms with E-state index in [1.807, 2.05) is 6.20 Å². The van der Waals surface area contributed by atoms with Crippen LogP contribution in [0.3, 0.4) is 0 Å². The van der Waals surface area contributed by atoms with Crippen LogP contribution >= 0.6 is 34.9 Å². The van der Waals surface area contributed by atoms with Gasteiger partial charge in [0.1, 0.15) is 16.9 Å². The minimum absolute atomic E-state index is 0.513. The predicted octanol–water partition coefficient (Wildman–Crippen LogP) is 3.83. The maximum atomic E-state index is 6.24. The standard InChI is InChI=1S/C12H11Cl2N5S/c1-2-19-4-3-15-9(19)6-16-10-7(13)5-8(14)11-12(10)18-20-17-11/h3-5,16H,2,6H2,1H3. The number of hydrogen-bond donors (Lipinski definition) is 1. The number of fused-ring (bicyclic) bond motifs is 1. The predicted molar refractivity (Wildman–Crippen MR) is 82.7 cm³/mol. The molecule has 2 heterocycles. The van der Waals surface area contributed by atoms with Crippen molar-refractivity contribution < 1.29 is 0 Å². The normalized spacial score (nSPS) is 11.2. The third kappa shape index (κ3) is 2.34. The Bertz CT molecular complexity index is 751. The largest absolute Gasteiger partial charge is 0.375 e. The van der Waals surface area contributed by atoms with Gasteiger partial charge in [-0.1, -0.05) is 23.2 Å². The first-order valence-electron chi connectivity index (χ1n) is 6.05. The molecule has 0 aliphatic rings. The Kier molecular flexibility index (Phi) is 3.78. The monoisotopic (exact) mass is 327 g/mol. The fourth-order valence-electron chi connectivity index (χ4n) is 2.00. The summed E-state index contributed by atoms with van der Waals surface area (Å²) >= 11 is 13.5. The van der Waals surface area contributed by atoms with E-state index < -0.39 is 0 Å². The molecule has 0 amide bonds. The van der Waals surface area contributed by atoms with Crippen molar-refractivity contribution in [3.8, 4) is 0 Å². The highest BCUT2D eigenvalue weighted by Crippen LogP contribution is 2.35. The van der Waals surface area contributed by atoms with Crippen molar-refractivity contribution in [1.29, 1.82) is 0 Å². The fraction of sp³-hybridized carbons (Fsp3) is 0.250. The lowest BCUT2D eigenvalue weighted by atomic mass is 10.2. The number of aromatic nitrogens is 4. The second-order valence-corrected chi connectivity index (χ2v) is 5.50. The maximum absolute atomic E-state index is 6.24. The van der Waals surface area contributed by atoms with Crippen LogP contribution in [0.5, 0.6) is 0 Å². The van der Waals surface area contributed by atoms with Crippen molar-refractivity contribution in [2.24, 2.45) is 0 Å². The second kappa shape index (κ2) is 5.55. The smallest absolute Gasteiger partial charge is 0.130 e. The maximum Gasteiger partial charge on any atom is 0.130 e. The molecule has 0 radical (unpaired) electrons. The topological polar surface area (TPSA) is 55.6 Å². The number of nitrogens with one attached hydrogen (secondary N) is 1. The molecule has 5 nitrogen and oxygen atoms in total. The summed E-state index contributed by atoms with van der Waals surface area (Å²) in [5, 5.41) is 4.32. The molecule has 0 spiro atoms. The molecule has 3 rings (SSSR count). The summed E-state index contributed by atoms with van der Waals surface area (Å²) in [7, 11) is 0. The van der Waals surface area contributed by atoms with Crippen LogP contribution < -0.4 is 5.32 Å². The lowest BCUT2D eigenvalue weighted by Gasteiger charge is -2.10. The van der Waals surface area contributed by atoms with Crippen molar-refractivity contribution in [2.45, 2.75) is 20.0 Å². The first-order chi connectivity index (χ1) is 9.70. The zero-order valence-corrected chi connectivity index (χ0v) is 12.9. The zero-order chi connectivity index (χ0) is 14.1. The molecule has 0 saturated heterocycles. The lowest BCUT2D eigenvalue weighted by molar-refractivity contribution is 0.708. The molecule has 3 aromatic rings. The Hall–Kier alpha value is -1.37. The van der Waals surface area contributed by atoms with E-state index in [1.165, 1.54) is 0 Å². The summed E-state index contributed by atoms with van der Waals surface area (Å²) < 4.78 is 10.5. The van der Waals surface area contributed by atoms with E-state index >= 15 is 0 Å². The summed E-state index contributed by atoms with van der Waals surface area (Å²) in [5.74, 6) is 0.940. The Balaban J connectivity index is 1.93. The van der Waals surface area contributed by atoms with E-state index in [-0.39, 0.29) is 0 Å². The Morgan fingerprint density at radius 1 is 1.25 bits per heavy atom. The molecule has 8 heteroatoms. The molecular weight excluding hydrogens is 317 g/mol. The van der Waals surface area contributed by atoms with Crippen LogP contribution in [0, 0.1) is 0 Å². The van der Waals surface area contributed by atoms with Gasteiger partial charge in [-0.25, -0.2) is 4.98 Å². The van der Waals surface area contributed by atoms with Gasteiger partial charge in [0.15, 0.2) is 0 Å². The number of nitrogens with zero attached hydrogens (tertiary/aromatic N) is 4. The molecule has 2 aromatic heterocycles. The summed E-state index contributed by atoms with van der Waals surface area (Å²) in [6.07, 6.45) is 3.73. The zero-order valence-electron chi connectivity index (χ0n) is 10.6. The molecule has 0 unspecified atom stereocenters. The second-order valence-electron chi connectivity index (χ2n) is 4.16. The van der Waals surface area contributed by atoms with Gasteiger partial charge in [0, 0.05) is 18.9 Å². The molecule has 1 N–H and O–H groups in total. The molecule has 104 valence electrons. The minimum atomic E-state index is 0.513. The van der Waals surface area contributed by atoms with Gasteiger partial charge in [0.25, 0.3) is 0 Å². The first kappa shape index (κ1) is 13.6. The van der Waals surface area contributed by atoms with Crippen molar-refractivity contribution >= 4 is 51.7 Å². The van der Waals surface area contributed by atoms with Crippen LogP contribution in [0.1, 0.15) is 12.7 Å². The van der Waals surface area contributed by atoms with Crippen LogP contribution in [0.15, 0.2) is 18.5 Å². The fourth-order valence-corrected chi connectivity index (χ4v) is 3.18. The number of anilines is 1. The van der Waals surface area contributed by atoms with Gasteiger partial charge < -0.3 is 9.88 Å². The summed E-state index contributed by atoms with van der Waals surface area (Å²) in [6, 6.07) is 1.68. The number of hydrogen-bond acceptors (Lipinski definition) is 5. The minimum Gasteiger partial charge on any atom is -0.375 e. The van der Waals surface area contributed by atoms with Crippen LogP contribution in [0.25, 0.3) is 11.0 Å². The van der Waals surface area contributed by atoms with Gasteiger partial charge in [-0.3, -0.25) is 0 Å².